The van der Waals surface area contributed by atoms with Crippen LogP contribution in [-0.4, -0.2) is 19.9 Å². The van der Waals surface area contributed by atoms with E-state index < -0.39 is 0 Å². The predicted molar refractivity (Wildman–Crippen MR) is 53.2 cm³/mol. The third-order valence-electron chi connectivity index (χ3n) is 1.98. The Balaban J connectivity index is 2.34. The minimum absolute atomic E-state index is 0.214. The fraction of sp³-hybridized carbons (Fsp3) is 0.111. The quantitative estimate of drug-likeness (QED) is 0.530. The van der Waals surface area contributed by atoms with Gasteiger partial charge < -0.3 is 0 Å². The Morgan fingerprint density at radius 2 is 1.93 bits per heavy atom. The van der Waals surface area contributed by atoms with Gasteiger partial charge in [0.15, 0.2) is 0 Å². The van der Waals surface area contributed by atoms with Crippen LogP contribution in [0.2, 0.25) is 0 Å². The summed E-state index contributed by atoms with van der Waals surface area (Å²) in [5.41, 5.74) is 4.30. The van der Waals surface area contributed by atoms with Crippen LogP contribution in [0.15, 0.2) is 37.3 Å². The molecule has 2 aromatic rings. The van der Waals surface area contributed by atoms with E-state index in [-0.39, 0.29) is 6.04 Å². The van der Waals surface area contributed by atoms with Crippen molar-refractivity contribution in [1.82, 2.24) is 25.4 Å². The smallest absolute Gasteiger partial charge is 0.115 e. The Labute approximate surface area is 86.6 Å². The van der Waals surface area contributed by atoms with Gasteiger partial charge in [-0.1, -0.05) is 0 Å². The molecule has 6 nitrogen and oxygen atoms in total. The molecule has 1 atom stereocenters. The van der Waals surface area contributed by atoms with Gasteiger partial charge in [0, 0.05) is 24.2 Å². The van der Waals surface area contributed by atoms with Crippen LogP contribution >= 0.6 is 0 Å². The average Bonchev–Trinajstić information content (AvgIpc) is 2.33. The van der Waals surface area contributed by atoms with Gasteiger partial charge in [-0.3, -0.25) is 5.84 Å². The van der Waals surface area contributed by atoms with E-state index in [0.717, 1.165) is 11.3 Å². The van der Waals surface area contributed by atoms with Gasteiger partial charge in [-0.15, -0.1) is 0 Å². The maximum atomic E-state index is 5.47. The van der Waals surface area contributed by atoms with E-state index in [4.69, 9.17) is 5.84 Å². The van der Waals surface area contributed by atoms with Crippen molar-refractivity contribution in [3.8, 4) is 0 Å². The summed E-state index contributed by atoms with van der Waals surface area (Å²) in [6.45, 7) is 0. The lowest BCUT2D eigenvalue weighted by Gasteiger charge is -2.13. The second kappa shape index (κ2) is 4.54. The maximum Gasteiger partial charge on any atom is 0.115 e. The van der Waals surface area contributed by atoms with Crippen molar-refractivity contribution in [2.75, 3.05) is 0 Å². The summed E-state index contributed by atoms with van der Waals surface area (Å²) in [6.07, 6.45) is 8.00. The van der Waals surface area contributed by atoms with Crippen molar-refractivity contribution < 1.29 is 0 Å². The third kappa shape index (κ3) is 2.12. The maximum absolute atomic E-state index is 5.47. The van der Waals surface area contributed by atoms with Gasteiger partial charge in [0.2, 0.25) is 0 Å². The molecule has 1 unspecified atom stereocenters. The van der Waals surface area contributed by atoms with Crippen molar-refractivity contribution in [3.05, 3.63) is 48.6 Å². The Bertz CT molecular complexity index is 364. The minimum Gasteiger partial charge on any atom is -0.271 e. The van der Waals surface area contributed by atoms with E-state index in [1.807, 2.05) is 0 Å². The second-order valence-corrected chi connectivity index (χ2v) is 2.91. The summed E-state index contributed by atoms with van der Waals surface area (Å²) in [5, 5.41) is 0. The molecule has 0 fully saturated rings. The van der Waals surface area contributed by atoms with Gasteiger partial charge in [0.1, 0.15) is 12.7 Å². The number of nitrogens with zero attached hydrogens (tertiary/aromatic N) is 4. The molecule has 15 heavy (non-hydrogen) atoms. The monoisotopic (exact) mass is 202 g/mol. The van der Waals surface area contributed by atoms with Gasteiger partial charge in [-0.05, 0) is 6.07 Å². The highest BCUT2D eigenvalue weighted by atomic mass is 15.2. The molecule has 76 valence electrons. The van der Waals surface area contributed by atoms with E-state index in [9.17, 15) is 0 Å². The summed E-state index contributed by atoms with van der Waals surface area (Å²) >= 11 is 0. The van der Waals surface area contributed by atoms with Crippen molar-refractivity contribution in [2.24, 2.45) is 5.84 Å². The molecule has 0 saturated heterocycles. The van der Waals surface area contributed by atoms with E-state index in [0.29, 0.717) is 0 Å². The van der Waals surface area contributed by atoms with Crippen LogP contribution in [-0.2, 0) is 0 Å². The minimum atomic E-state index is -0.214. The largest absolute Gasteiger partial charge is 0.271 e. The van der Waals surface area contributed by atoms with Gasteiger partial charge >= 0.3 is 0 Å². The molecular formula is C9H10N6. The van der Waals surface area contributed by atoms with Crippen molar-refractivity contribution in [2.45, 2.75) is 6.04 Å². The zero-order valence-electron chi connectivity index (χ0n) is 7.91. The molecule has 0 aromatic carbocycles. The van der Waals surface area contributed by atoms with Crippen LogP contribution in [0.4, 0.5) is 0 Å². The van der Waals surface area contributed by atoms with Crippen molar-refractivity contribution >= 4 is 0 Å². The van der Waals surface area contributed by atoms with E-state index in [1.165, 1.54) is 12.7 Å². The number of hydrazine groups is 1. The standard InChI is InChI=1S/C9H10N6/c10-15-9(7-3-12-5-13-4-7)8-1-2-11-6-14-8/h1-6,9,15H,10H2. The third-order valence-corrected chi connectivity index (χ3v) is 1.98. The van der Waals surface area contributed by atoms with Gasteiger partial charge in [0.05, 0.1) is 11.7 Å². The number of rotatable bonds is 3. The SMILES string of the molecule is NNC(c1cncnc1)c1ccncn1. The topological polar surface area (TPSA) is 89.6 Å². The molecule has 0 aliphatic carbocycles. The molecule has 0 saturated carbocycles. The lowest BCUT2D eigenvalue weighted by atomic mass is 10.1. The zero-order chi connectivity index (χ0) is 10.5. The summed E-state index contributed by atoms with van der Waals surface area (Å²) in [4.78, 5) is 15.8. The molecule has 6 heteroatoms. The van der Waals surface area contributed by atoms with Gasteiger partial charge in [0.25, 0.3) is 0 Å². The summed E-state index contributed by atoms with van der Waals surface area (Å²) in [6, 6.07) is 1.58. The Hall–Kier alpha value is -1.92. The highest BCUT2D eigenvalue weighted by Gasteiger charge is 2.13. The molecule has 2 aromatic heterocycles. The summed E-state index contributed by atoms with van der Waals surface area (Å²) in [5.74, 6) is 5.47. The van der Waals surface area contributed by atoms with Crippen LogP contribution < -0.4 is 11.3 Å². The fourth-order valence-electron chi connectivity index (χ4n) is 1.28. The fourth-order valence-corrected chi connectivity index (χ4v) is 1.28. The van der Waals surface area contributed by atoms with Gasteiger partial charge in [-0.25, -0.2) is 25.4 Å². The molecule has 0 aliphatic heterocycles. The number of hydrogen-bond donors (Lipinski definition) is 2. The number of hydrogen-bond acceptors (Lipinski definition) is 6. The first-order valence-corrected chi connectivity index (χ1v) is 4.39. The molecule has 2 rings (SSSR count). The first-order chi connectivity index (χ1) is 7.42. The van der Waals surface area contributed by atoms with Crippen LogP contribution in [0.5, 0.6) is 0 Å². The number of nitrogens with one attached hydrogen (secondary N) is 1. The highest BCUT2D eigenvalue weighted by molar-refractivity contribution is 5.21. The highest BCUT2D eigenvalue weighted by Crippen LogP contribution is 2.16. The first kappa shape index (κ1) is 9.63. The molecule has 0 radical (unpaired) electrons. The van der Waals surface area contributed by atoms with E-state index in [2.05, 4.69) is 25.4 Å². The van der Waals surface area contributed by atoms with Crippen LogP contribution in [0.3, 0.4) is 0 Å². The predicted octanol–water partition coefficient (Wildman–Crippen LogP) is -0.181. The molecule has 0 amide bonds. The second-order valence-electron chi connectivity index (χ2n) is 2.91. The average molecular weight is 202 g/mol. The van der Waals surface area contributed by atoms with Crippen LogP contribution in [0.25, 0.3) is 0 Å². The van der Waals surface area contributed by atoms with E-state index >= 15 is 0 Å². The molecular weight excluding hydrogens is 192 g/mol. The lowest BCUT2D eigenvalue weighted by molar-refractivity contribution is 0.614. The number of nitrogens with two attached hydrogens (primary N) is 1. The van der Waals surface area contributed by atoms with Crippen LogP contribution in [0.1, 0.15) is 17.3 Å². The number of aromatic nitrogens is 4. The molecule has 0 bridgehead atoms. The molecule has 0 spiro atoms. The van der Waals surface area contributed by atoms with Crippen molar-refractivity contribution in [3.63, 3.8) is 0 Å². The molecule has 0 aliphatic rings. The van der Waals surface area contributed by atoms with Gasteiger partial charge in [-0.2, -0.15) is 0 Å². The summed E-state index contributed by atoms with van der Waals surface area (Å²) in [7, 11) is 0. The van der Waals surface area contributed by atoms with E-state index in [1.54, 1.807) is 24.7 Å². The lowest BCUT2D eigenvalue weighted by Crippen LogP contribution is -2.29. The Morgan fingerprint density at radius 3 is 2.53 bits per heavy atom. The summed E-state index contributed by atoms with van der Waals surface area (Å²) < 4.78 is 0. The van der Waals surface area contributed by atoms with Crippen LogP contribution in [0, 0.1) is 0 Å². The Kier molecular flexibility index (Phi) is 2.91. The zero-order valence-corrected chi connectivity index (χ0v) is 7.91. The molecule has 2 heterocycles. The Morgan fingerprint density at radius 1 is 1.13 bits per heavy atom. The van der Waals surface area contributed by atoms with Crippen molar-refractivity contribution in [1.29, 1.82) is 0 Å². The first-order valence-electron chi connectivity index (χ1n) is 4.39. The molecule has 3 N–H and O–H groups in total. The normalized spacial score (nSPS) is 12.3.